The molecular weight excluding hydrogens is 316 g/mol. The van der Waals surface area contributed by atoms with Crippen molar-refractivity contribution >= 4 is 27.3 Å². The molecule has 9 heteroatoms. The van der Waals surface area contributed by atoms with E-state index in [0.29, 0.717) is 4.88 Å². The summed E-state index contributed by atoms with van der Waals surface area (Å²) >= 11 is 0.966. The minimum absolute atomic E-state index is 0.0222. The van der Waals surface area contributed by atoms with Gasteiger partial charge in [0.1, 0.15) is 4.21 Å². The van der Waals surface area contributed by atoms with Crippen molar-refractivity contribution in [2.45, 2.75) is 10.8 Å². The topological polar surface area (TPSA) is 130 Å². The molecule has 0 saturated carbocycles. The quantitative estimate of drug-likeness (QED) is 0.615. The number of nitrogens with two attached hydrogens (primary N) is 1. The van der Waals surface area contributed by atoms with Crippen molar-refractivity contribution < 1.29 is 23.4 Å². The van der Waals surface area contributed by atoms with Crippen LogP contribution in [0.25, 0.3) is 0 Å². The van der Waals surface area contributed by atoms with Crippen LogP contribution in [-0.2, 0) is 16.6 Å². The van der Waals surface area contributed by atoms with Gasteiger partial charge in [0.25, 0.3) is 5.91 Å². The molecule has 0 aliphatic heterocycles. The van der Waals surface area contributed by atoms with E-state index in [1.165, 1.54) is 18.2 Å². The SMILES string of the molecule is NS(=O)(=O)c1ccc(CNC(=O)c2ccc(O)c(O)c2)s1. The Balaban J connectivity index is 2.04. The number of aromatic hydroxyl groups is 2. The molecule has 0 unspecified atom stereocenters. The average Bonchev–Trinajstić information content (AvgIpc) is 2.88. The van der Waals surface area contributed by atoms with Crippen LogP contribution in [0.15, 0.2) is 34.5 Å². The number of carbonyl (C=O) groups is 1. The molecule has 0 aliphatic carbocycles. The summed E-state index contributed by atoms with van der Waals surface area (Å²) < 4.78 is 22.3. The van der Waals surface area contributed by atoms with Crippen LogP contribution < -0.4 is 10.5 Å². The fourth-order valence-corrected chi connectivity index (χ4v) is 3.26. The molecule has 1 aromatic carbocycles. The predicted molar refractivity (Wildman–Crippen MR) is 76.6 cm³/mol. The average molecular weight is 328 g/mol. The number of nitrogens with one attached hydrogen (secondary N) is 1. The summed E-state index contributed by atoms with van der Waals surface area (Å²) in [6, 6.07) is 6.62. The number of hydrogen-bond acceptors (Lipinski definition) is 6. The molecule has 1 heterocycles. The zero-order chi connectivity index (χ0) is 15.6. The fourth-order valence-electron chi connectivity index (χ4n) is 1.54. The largest absolute Gasteiger partial charge is 0.504 e. The maximum absolute atomic E-state index is 11.8. The number of phenolic OH excluding ortho intramolecular Hbond substituents is 2. The Morgan fingerprint density at radius 1 is 1.19 bits per heavy atom. The van der Waals surface area contributed by atoms with Gasteiger partial charge in [-0.2, -0.15) is 0 Å². The number of benzene rings is 1. The molecular formula is C12H12N2O5S2. The van der Waals surface area contributed by atoms with E-state index in [9.17, 15) is 18.3 Å². The maximum atomic E-state index is 11.8. The second-order valence-electron chi connectivity index (χ2n) is 4.15. The summed E-state index contributed by atoms with van der Waals surface area (Å²) in [5.74, 6) is -1.17. The number of rotatable bonds is 4. The van der Waals surface area contributed by atoms with E-state index in [4.69, 9.17) is 10.2 Å². The van der Waals surface area contributed by atoms with E-state index in [-0.39, 0.29) is 22.1 Å². The van der Waals surface area contributed by atoms with E-state index < -0.39 is 21.7 Å². The smallest absolute Gasteiger partial charge is 0.251 e. The van der Waals surface area contributed by atoms with Gasteiger partial charge in [0.15, 0.2) is 11.5 Å². The third-order valence-electron chi connectivity index (χ3n) is 2.58. The molecule has 112 valence electrons. The number of primary sulfonamides is 1. The van der Waals surface area contributed by atoms with Crippen LogP contribution in [0, 0.1) is 0 Å². The number of thiophene rings is 1. The van der Waals surface area contributed by atoms with E-state index in [2.05, 4.69) is 5.32 Å². The lowest BCUT2D eigenvalue weighted by Gasteiger charge is -2.05. The standard InChI is InChI=1S/C12H12N2O5S2/c13-21(18,19)11-4-2-8(20-11)6-14-12(17)7-1-3-9(15)10(16)5-7/h1-5,15-16H,6H2,(H,14,17)(H2,13,18,19). The summed E-state index contributed by atoms with van der Waals surface area (Å²) in [6.45, 7) is 0.126. The summed E-state index contributed by atoms with van der Waals surface area (Å²) in [5, 5.41) is 26.0. The third kappa shape index (κ3) is 3.72. The lowest BCUT2D eigenvalue weighted by Crippen LogP contribution is -2.22. The van der Waals surface area contributed by atoms with Crippen LogP contribution >= 0.6 is 11.3 Å². The van der Waals surface area contributed by atoms with E-state index in [0.717, 1.165) is 17.4 Å². The van der Waals surface area contributed by atoms with Gasteiger partial charge in [0, 0.05) is 10.4 Å². The Bertz CT molecular complexity index is 783. The van der Waals surface area contributed by atoms with Crippen LogP contribution in [-0.4, -0.2) is 24.5 Å². The number of phenols is 2. The van der Waals surface area contributed by atoms with Crippen molar-refractivity contribution in [3.8, 4) is 11.5 Å². The van der Waals surface area contributed by atoms with Gasteiger partial charge < -0.3 is 15.5 Å². The van der Waals surface area contributed by atoms with Crippen molar-refractivity contribution in [3.63, 3.8) is 0 Å². The first-order valence-corrected chi connectivity index (χ1v) is 8.05. The minimum Gasteiger partial charge on any atom is -0.504 e. The monoisotopic (exact) mass is 328 g/mol. The van der Waals surface area contributed by atoms with Gasteiger partial charge in [-0.3, -0.25) is 4.79 Å². The summed E-state index contributed by atoms with van der Waals surface area (Å²) in [6.07, 6.45) is 0. The van der Waals surface area contributed by atoms with Crippen LogP contribution in [0.1, 0.15) is 15.2 Å². The third-order valence-corrected chi connectivity index (χ3v) is 5.10. The van der Waals surface area contributed by atoms with E-state index >= 15 is 0 Å². The van der Waals surface area contributed by atoms with Crippen molar-refractivity contribution in [3.05, 3.63) is 40.8 Å². The van der Waals surface area contributed by atoms with Crippen molar-refractivity contribution in [2.75, 3.05) is 0 Å². The zero-order valence-electron chi connectivity index (χ0n) is 10.6. The van der Waals surface area contributed by atoms with Crippen LogP contribution in [0.2, 0.25) is 0 Å². The van der Waals surface area contributed by atoms with Gasteiger partial charge in [-0.15, -0.1) is 11.3 Å². The lowest BCUT2D eigenvalue weighted by molar-refractivity contribution is 0.0951. The summed E-state index contributed by atoms with van der Waals surface area (Å²) in [7, 11) is -3.74. The molecule has 0 saturated heterocycles. The van der Waals surface area contributed by atoms with Gasteiger partial charge in [0.05, 0.1) is 6.54 Å². The zero-order valence-corrected chi connectivity index (χ0v) is 12.2. The molecule has 0 radical (unpaired) electrons. The first-order valence-electron chi connectivity index (χ1n) is 5.69. The Morgan fingerprint density at radius 3 is 2.48 bits per heavy atom. The van der Waals surface area contributed by atoms with Crippen molar-refractivity contribution in [1.82, 2.24) is 5.32 Å². The number of hydrogen-bond donors (Lipinski definition) is 4. The first-order chi connectivity index (χ1) is 9.77. The highest BCUT2D eigenvalue weighted by molar-refractivity contribution is 7.91. The van der Waals surface area contributed by atoms with E-state index in [1.807, 2.05) is 0 Å². The van der Waals surface area contributed by atoms with Gasteiger partial charge in [-0.25, -0.2) is 13.6 Å². The number of amides is 1. The normalized spacial score (nSPS) is 11.3. The maximum Gasteiger partial charge on any atom is 0.251 e. The molecule has 2 rings (SSSR count). The van der Waals surface area contributed by atoms with Gasteiger partial charge in [-0.05, 0) is 30.3 Å². The minimum atomic E-state index is -3.74. The molecule has 0 spiro atoms. The molecule has 0 bridgehead atoms. The van der Waals surface area contributed by atoms with Crippen LogP contribution in [0.4, 0.5) is 0 Å². The Hall–Kier alpha value is -2.10. The molecule has 1 aromatic heterocycles. The Morgan fingerprint density at radius 2 is 1.90 bits per heavy atom. The molecule has 5 N–H and O–H groups in total. The molecule has 2 aromatic rings. The lowest BCUT2D eigenvalue weighted by atomic mass is 10.2. The van der Waals surface area contributed by atoms with Crippen LogP contribution in [0.3, 0.4) is 0 Å². The molecule has 0 fully saturated rings. The predicted octanol–water partition coefficient (Wildman–Crippen LogP) is 0.737. The molecule has 21 heavy (non-hydrogen) atoms. The van der Waals surface area contributed by atoms with E-state index in [1.54, 1.807) is 6.07 Å². The van der Waals surface area contributed by atoms with Crippen molar-refractivity contribution in [1.29, 1.82) is 0 Å². The van der Waals surface area contributed by atoms with Gasteiger partial charge in [0.2, 0.25) is 10.0 Å². The highest BCUT2D eigenvalue weighted by atomic mass is 32.2. The Labute approximate surface area is 124 Å². The molecule has 7 nitrogen and oxygen atoms in total. The second-order valence-corrected chi connectivity index (χ2v) is 7.11. The summed E-state index contributed by atoms with van der Waals surface area (Å²) in [4.78, 5) is 12.5. The highest BCUT2D eigenvalue weighted by Gasteiger charge is 2.13. The van der Waals surface area contributed by atoms with Gasteiger partial charge in [-0.1, -0.05) is 0 Å². The highest BCUT2D eigenvalue weighted by Crippen LogP contribution is 2.25. The van der Waals surface area contributed by atoms with Gasteiger partial charge >= 0.3 is 0 Å². The molecule has 1 amide bonds. The summed E-state index contributed by atoms with van der Waals surface area (Å²) in [5.41, 5.74) is 0.175. The van der Waals surface area contributed by atoms with Crippen molar-refractivity contribution in [2.24, 2.45) is 5.14 Å². The number of sulfonamides is 1. The Kier molecular flexibility index (Phi) is 4.16. The first kappa shape index (κ1) is 15.3. The number of carbonyl (C=O) groups excluding carboxylic acids is 1. The van der Waals surface area contributed by atoms with Crippen LogP contribution in [0.5, 0.6) is 11.5 Å². The second kappa shape index (κ2) is 5.72. The molecule has 0 atom stereocenters. The fraction of sp³-hybridized carbons (Fsp3) is 0.0833. The molecule has 0 aliphatic rings.